The van der Waals surface area contributed by atoms with E-state index in [1.54, 1.807) is 0 Å². The highest BCUT2D eigenvalue weighted by atomic mass is 79.9. The molecule has 13 heavy (non-hydrogen) atoms. The Labute approximate surface area is 86.5 Å². The summed E-state index contributed by atoms with van der Waals surface area (Å²) in [5.74, 6) is 0.719. The molecule has 2 heteroatoms. The molecule has 66 valence electrons. The van der Waals surface area contributed by atoms with Crippen LogP contribution in [0.5, 0.6) is 0 Å². The van der Waals surface area contributed by atoms with E-state index in [1.807, 2.05) is 24.3 Å². The second kappa shape index (κ2) is 3.51. The molecule has 1 aliphatic rings. The van der Waals surface area contributed by atoms with Crippen molar-refractivity contribution in [2.75, 3.05) is 0 Å². The second-order valence-corrected chi connectivity index (χ2v) is 4.41. The number of rotatable bonds is 2. The quantitative estimate of drug-likeness (QED) is 0.771. The number of halogens is 1. The standard InChI is InChI=1S/C11H10BrN/c12-10-3-1-2-9(6-10)11(7-13)8-4-5-8/h1-3,6,8,11H,4-5H2. The van der Waals surface area contributed by atoms with Gasteiger partial charge in [-0.1, -0.05) is 28.1 Å². The van der Waals surface area contributed by atoms with E-state index in [2.05, 4.69) is 22.0 Å². The Hall–Kier alpha value is -0.810. The van der Waals surface area contributed by atoms with Crippen LogP contribution in [0.15, 0.2) is 28.7 Å². The molecule has 1 aromatic carbocycles. The molecular formula is C11H10BrN. The summed E-state index contributed by atoms with van der Waals surface area (Å²) in [5.41, 5.74) is 1.15. The first-order valence-corrected chi connectivity index (χ1v) is 5.25. The molecule has 0 N–H and O–H groups in total. The van der Waals surface area contributed by atoms with Gasteiger partial charge in [-0.3, -0.25) is 0 Å². The summed E-state index contributed by atoms with van der Waals surface area (Å²) < 4.78 is 1.06. The lowest BCUT2D eigenvalue weighted by Crippen LogP contribution is -1.97. The molecule has 0 heterocycles. The predicted molar refractivity (Wildman–Crippen MR) is 55.2 cm³/mol. The molecule has 0 saturated heterocycles. The second-order valence-electron chi connectivity index (χ2n) is 3.50. The smallest absolute Gasteiger partial charge is 0.0741 e. The van der Waals surface area contributed by atoms with Gasteiger partial charge in [0, 0.05) is 4.47 Å². The fourth-order valence-electron chi connectivity index (χ4n) is 1.58. The van der Waals surface area contributed by atoms with E-state index in [0.717, 1.165) is 10.0 Å². The molecular weight excluding hydrogens is 226 g/mol. The normalized spacial score (nSPS) is 17.8. The fourth-order valence-corrected chi connectivity index (χ4v) is 2.00. The highest BCUT2D eigenvalue weighted by Gasteiger charge is 2.32. The fraction of sp³-hybridized carbons (Fsp3) is 0.364. The van der Waals surface area contributed by atoms with Gasteiger partial charge in [-0.25, -0.2) is 0 Å². The van der Waals surface area contributed by atoms with Crippen LogP contribution in [0.3, 0.4) is 0 Å². The number of nitrogens with zero attached hydrogens (tertiary/aromatic N) is 1. The molecule has 1 aliphatic carbocycles. The highest BCUT2D eigenvalue weighted by molar-refractivity contribution is 9.10. The minimum atomic E-state index is 0.109. The van der Waals surface area contributed by atoms with Crippen LogP contribution in [0.2, 0.25) is 0 Å². The van der Waals surface area contributed by atoms with E-state index >= 15 is 0 Å². The van der Waals surface area contributed by atoms with Crippen LogP contribution in [0.1, 0.15) is 24.3 Å². The molecule has 1 saturated carbocycles. The lowest BCUT2D eigenvalue weighted by molar-refractivity contribution is 0.739. The number of hydrogen-bond donors (Lipinski definition) is 0. The molecule has 1 aromatic rings. The Balaban J connectivity index is 2.27. The van der Waals surface area contributed by atoms with E-state index in [0.29, 0.717) is 5.92 Å². The maximum Gasteiger partial charge on any atom is 0.0741 e. The third kappa shape index (κ3) is 1.92. The molecule has 0 radical (unpaired) electrons. The van der Waals surface area contributed by atoms with Gasteiger partial charge in [0.15, 0.2) is 0 Å². The molecule has 1 atom stereocenters. The van der Waals surface area contributed by atoms with Gasteiger partial charge >= 0.3 is 0 Å². The first kappa shape index (κ1) is 8.77. The molecule has 1 fully saturated rings. The SMILES string of the molecule is N#CC(c1cccc(Br)c1)C1CC1. The van der Waals surface area contributed by atoms with E-state index in [4.69, 9.17) is 5.26 Å². The monoisotopic (exact) mass is 235 g/mol. The van der Waals surface area contributed by atoms with E-state index in [9.17, 15) is 0 Å². The lowest BCUT2D eigenvalue weighted by Gasteiger charge is -2.07. The van der Waals surface area contributed by atoms with Gasteiger partial charge in [0.1, 0.15) is 0 Å². The van der Waals surface area contributed by atoms with Crippen molar-refractivity contribution in [1.29, 1.82) is 5.26 Å². The first-order valence-electron chi connectivity index (χ1n) is 4.46. The molecule has 2 rings (SSSR count). The van der Waals surface area contributed by atoms with Crippen LogP contribution in [0, 0.1) is 17.2 Å². The van der Waals surface area contributed by atoms with Crippen LogP contribution in [-0.4, -0.2) is 0 Å². The Bertz CT molecular complexity index is 349. The van der Waals surface area contributed by atoms with E-state index in [1.165, 1.54) is 12.8 Å². The maximum absolute atomic E-state index is 9.02. The highest BCUT2D eigenvalue weighted by Crippen LogP contribution is 2.42. The molecule has 0 spiro atoms. The zero-order valence-corrected chi connectivity index (χ0v) is 8.79. The summed E-state index contributed by atoms with van der Waals surface area (Å²) in [5, 5.41) is 9.02. The van der Waals surface area contributed by atoms with Crippen molar-refractivity contribution < 1.29 is 0 Å². The van der Waals surface area contributed by atoms with E-state index in [-0.39, 0.29) is 5.92 Å². The van der Waals surface area contributed by atoms with Gasteiger partial charge in [-0.15, -0.1) is 0 Å². The van der Waals surface area contributed by atoms with Gasteiger partial charge in [0.05, 0.1) is 12.0 Å². The Morgan fingerprint density at radius 3 is 2.77 bits per heavy atom. The predicted octanol–water partition coefficient (Wildman–Crippen LogP) is 3.47. The van der Waals surface area contributed by atoms with Gasteiger partial charge < -0.3 is 0 Å². The lowest BCUT2D eigenvalue weighted by atomic mass is 9.96. The average molecular weight is 236 g/mol. The van der Waals surface area contributed by atoms with Gasteiger partial charge in [-0.2, -0.15) is 5.26 Å². The summed E-state index contributed by atoms with van der Waals surface area (Å²) in [6.07, 6.45) is 2.43. The summed E-state index contributed by atoms with van der Waals surface area (Å²) in [6.45, 7) is 0. The summed E-state index contributed by atoms with van der Waals surface area (Å²) >= 11 is 3.42. The maximum atomic E-state index is 9.02. The van der Waals surface area contributed by atoms with Crippen molar-refractivity contribution in [2.45, 2.75) is 18.8 Å². The van der Waals surface area contributed by atoms with Crippen LogP contribution in [0.4, 0.5) is 0 Å². The van der Waals surface area contributed by atoms with Gasteiger partial charge in [0.25, 0.3) is 0 Å². The van der Waals surface area contributed by atoms with Crippen LogP contribution in [0.25, 0.3) is 0 Å². The third-order valence-corrected chi connectivity index (χ3v) is 2.93. The molecule has 0 aliphatic heterocycles. The summed E-state index contributed by atoms with van der Waals surface area (Å²) in [7, 11) is 0. The number of nitriles is 1. The Morgan fingerprint density at radius 1 is 1.46 bits per heavy atom. The van der Waals surface area contributed by atoms with Gasteiger partial charge in [0.2, 0.25) is 0 Å². The Morgan fingerprint density at radius 2 is 2.23 bits per heavy atom. The minimum Gasteiger partial charge on any atom is -0.198 e. The number of benzene rings is 1. The average Bonchev–Trinajstić information content (AvgIpc) is 2.90. The summed E-state index contributed by atoms with van der Waals surface area (Å²) in [6, 6.07) is 10.5. The third-order valence-electron chi connectivity index (χ3n) is 2.44. The topological polar surface area (TPSA) is 23.8 Å². The first-order chi connectivity index (χ1) is 6.31. The summed E-state index contributed by atoms with van der Waals surface area (Å²) in [4.78, 5) is 0. The van der Waals surface area contributed by atoms with Crippen molar-refractivity contribution >= 4 is 15.9 Å². The van der Waals surface area contributed by atoms with Gasteiger partial charge in [-0.05, 0) is 36.5 Å². The van der Waals surface area contributed by atoms with Crippen molar-refractivity contribution in [2.24, 2.45) is 5.92 Å². The van der Waals surface area contributed by atoms with Crippen molar-refractivity contribution in [3.05, 3.63) is 34.3 Å². The van der Waals surface area contributed by atoms with Crippen LogP contribution >= 0.6 is 15.9 Å². The zero-order chi connectivity index (χ0) is 9.26. The molecule has 1 unspecified atom stereocenters. The van der Waals surface area contributed by atoms with Crippen LogP contribution < -0.4 is 0 Å². The molecule has 0 amide bonds. The molecule has 1 nitrogen and oxygen atoms in total. The minimum absolute atomic E-state index is 0.109. The molecule has 0 bridgehead atoms. The largest absolute Gasteiger partial charge is 0.198 e. The van der Waals surface area contributed by atoms with E-state index < -0.39 is 0 Å². The van der Waals surface area contributed by atoms with Crippen molar-refractivity contribution in [3.8, 4) is 6.07 Å². The van der Waals surface area contributed by atoms with Crippen molar-refractivity contribution in [1.82, 2.24) is 0 Å². The molecule has 0 aromatic heterocycles. The zero-order valence-electron chi connectivity index (χ0n) is 7.20. The van der Waals surface area contributed by atoms with Crippen molar-refractivity contribution in [3.63, 3.8) is 0 Å². The number of hydrogen-bond acceptors (Lipinski definition) is 1. The Kier molecular flexibility index (Phi) is 2.37. The van der Waals surface area contributed by atoms with Crippen LogP contribution in [-0.2, 0) is 0 Å².